The predicted molar refractivity (Wildman–Crippen MR) is 130 cm³/mol. The summed E-state index contributed by atoms with van der Waals surface area (Å²) in [6.07, 6.45) is 0.104. The molecule has 9 heteroatoms. The maximum Gasteiger partial charge on any atom is 0.416 e. The summed E-state index contributed by atoms with van der Waals surface area (Å²) in [5.41, 5.74) is 2.69. The molecule has 0 spiro atoms. The Labute approximate surface area is 212 Å². The lowest BCUT2D eigenvalue weighted by atomic mass is 9.84. The van der Waals surface area contributed by atoms with Crippen molar-refractivity contribution >= 4 is 11.5 Å². The smallest absolute Gasteiger partial charge is 0.368 e. The Balaban J connectivity index is 1.47. The van der Waals surface area contributed by atoms with Crippen LogP contribution < -0.4 is 0 Å². The van der Waals surface area contributed by atoms with Gasteiger partial charge in [0.15, 0.2) is 0 Å². The van der Waals surface area contributed by atoms with Crippen LogP contribution in [-0.2, 0) is 22.8 Å². The number of ether oxygens (including phenoxy) is 1. The second kappa shape index (κ2) is 9.45. The third kappa shape index (κ3) is 5.05. The highest BCUT2D eigenvalue weighted by molar-refractivity contribution is 5.97. The highest BCUT2D eigenvalue weighted by Gasteiger charge is 2.47. The van der Waals surface area contributed by atoms with E-state index >= 15 is 0 Å². The van der Waals surface area contributed by atoms with Gasteiger partial charge in [-0.2, -0.15) is 18.3 Å². The standard InChI is InChI=1S/C28H27F4N3O2/c1-16-8-19(10-22(9-16)28(30,31)32)17(2)37-25-15-35-24(27(25)18-4-6-23(29)7-5-18)11-20(12-26(35)36)21-13-33-34(3)14-21/h4-10,12-14,17,24-25,27H,11,15H2,1-3H3/t17-,24?,25+,27?/m1/s1. The lowest BCUT2D eigenvalue weighted by Gasteiger charge is -2.32. The summed E-state index contributed by atoms with van der Waals surface area (Å²) in [4.78, 5) is 14.9. The topological polar surface area (TPSA) is 47.4 Å². The maximum atomic E-state index is 13.7. The summed E-state index contributed by atoms with van der Waals surface area (Å²) in [5.74, 6) is -0.824. The van der Waals surface area contributed by atoms with Gasteiger partial charge in [0.1, 0.15) is 5.82 Å². The van der Waals surface area contributed by atoms with E-state index in [0.717, 1.165) is 28.8 Å². The second-order valence-corrected chi connectivity index (χ2v) is 9.86. The first-order valence-corrected chi connectivity index (χ1v) is 12.1. The molecule has 1 saturated heterocycles. The Hall–Kier alpha value is -3.46. The first kappa shape index (κ1) is 25.2. The lowest BCUT2D eigenvalue weighted by Crippen LogP contribution is -2.39. The van der Waals surface area contributed by atoms with E-state index in [1.54, 1.807) is 60.9 Å². The van der Waals surface area contributed by atoms with Crippen molar-refractivity contribution in [1.82, 2.24) is 14.7 Å². The molecule has 4 atom stereocenters. The molecule has 0 radical (unpaired) electrons. The zero-order chi connectivity index (χ0) is 26.5. The SMILES string of the molecule is Cc1cc([C@@H](C)O[C@H]2CN3C(=O)C=C(c4cnn(C)c4)CC3C2c2ccc(F)cc2)cc(C(F)(F)F)c1. The first-order chi connectivity index (χ1) is 17.5. The van der Waals surface area contributed by atoms with Crippen molar-refractivity contribution in [2.24, 2.45) is 7.05 Å². The van der Waals surface area contributed by atoms with Crippen molar-refractivity contribution in [2.45, 2.75) is 50.6 Å². The molecule has 3 aromatic rings. The number of alkyl halides is 3. The summed E-state index contributed by atoms with van der Waals surface area (Å²) in [7, 11) is 1.80. The molecule has 0 bridgehead atoms. The van der Waals surface area contributed by atoms with E-state index in [2.05, 4.69) is 5.10 Å². The van der Waals surface area contributed by atoms with Gasteiger partial charge in [0.2, 0.25) is 5.91 Å². The van der Waals surface area contributed by atoms with E-state index in [4.69, 9.17) is 4.74 Å². The summed E-state index contributed by atoms with van der Waals surface area (Å²) < 4.78 is 62.1. The molecule has 37 heavy (non-hydrogen) atoms. The minimum atomic E-state index is -4.47. The van der Waals surface area contributed by atoms with Crippen LogP contribution in [0.4, 0.5) is 17.6 Å². The number of aryl methyl sites for hydroxylation is 2. The van der Waals surface area contributed by atoms with Gasteiger partial charge in [0.05, 0.1) is 24.0 Å². The van der Waals surface area contributed by atoms with Gasteiger partial charge in [0.25, 0.3) is 0 Å². The van der Waals surface area contributed by atoms with Gasteiger partial charge in [-0.15, -0.1) is 0 Å². The number of carbonyl (C=O) groups excluding carboxylic acids is 1. The Morgan fingerprint density at radius 2 is 1.86 bits per heavy atom. The number of rotatable bonds is 5. The maximum absolute atomic E-state index is 13.7. The first-order valence-electron chi connectivity index (χ1n) is 12.1. The predicted octanol–water partition coefficient (Wildman–Crippen LogP) is 5.81. The van der Waals surface area contributed by atoms with E-state index in [1.165, 1.54) is 12.1 Å². The van der Waals surface area contributed by atoms with E-state index in [-0.39, 0.29) is 30.2 Å². The quantitative estimate of drug-likeness (QED) is 0.405. The number of amides is 1. The van der Waals surface area contributed by atoms with Crippen LogP contribution >= 0.6 is 0 Å². The van der Waals surface area contributed by atoms with Crippen LogP contribution in [-0.4, -0.2) is 39.3 Å². The van der Waals surface area contributed by atoms with Gasteiger partial charge in [-0.25, -0.2) is 4.39 Å². The molecular formula is C28H27F4N3O2. The van der Waals surface area contributed by atoms with Gasteiger partial charge < -0.3 is 9.64 Å². The van der Waals surface area contributed by atoms with Crippen LogP contribution in [0.5, 0.6) is 0 Å². The largest absolute Gasteiger partial charge is 0.416 e. The van der Waals surface area contributed by atoms with Gasteiger partial charge in [0, 0.05) is 43.4 Å². The Bertz CT molecular complexity index is 1350. The van der Waals surface area contributed by atoms with Crippen LogP contribution in [0.3, 0.4) is 0 Å². The van der Waals surface area contributed by atoms with E-state index in [9.17, 15) is 22.4 Å². The van der Waals surface area contributed by atoms with Crippen molar-refractivity contribution in [2.75, 3.05) is 6.54 Å². The number of aromatic nitrogens is 2. The van der Waals surface area contributed by atoms with Crippen LogP contribution in [0.25, 0.3) is 5.57 Å². The Kier molecular flexibility index (Phi) is 6.43. The monoisotopic (exact) mass is 513 g/mol. The fourth-order valence-electron chi connectivity index (χ4n) is 5.48. The summed E-state index contributed by atoms with van der Waals surface area (Å²) in [5, 5.41) is 4.21. The van der Waals surface area contributed by atoms with Crippen LogP contribution in [0.15, 0.2) is 60.9 Å². The molecule has 0 saturated carbocycles. The molecular weight excluding hydrogens is 486 g/mol. The average Bonchev–Trinajstić information content (AvgIpc) is 3.42. The summed E-state index contributed by atoms with van der Waals surface area (Å²) in [6.45, 7) is 3.62. The fourth-order valence-corrected chi connectivity index (χ4v) is 5.48. The average molecular weight is 514 g/mol. The van der Waals surface area contributed by atoms with E-state index in [0.29, 0.717) is 17.5 Å². The number of hydrogen-bond donors (Lipinski definition) is 0. The lowest BCUT2D eigenvalue weighted by molar-refractivity contribution is -0.137. The normalized spacial score (nSPS) is 22.7. The number of nitrogens with zero attached hydrogens (tertiary/aromatic N) is 3. The van der Waals surface area contributed by atoms with Crippen molar-refractivity contribution in [3.05, 3.63) is 94.6 Å². The van der Waals surface area contributed by atoms with E-state index < -0.39 is 23.9 Å². The number of fused-ring (bicyclic) bond motifs is 1. The highest BCUT2D eigenvalue weighted by atomic mass is 19.4. The molecule has 1 fully saturated rings. The van der Waals surface area contributed by atoms with Gasteiger partial charge in [-0.3, -0.25) is 9.48 Å². The highest BCUT2D eigenvalue weighted by Crippen LogP contribution is 2.44. The van der Waals surface area contributed by atoms with Crippen molar-refractivity contribution in [3.63, 3.8) is 0 Å². The molecule has 5 rings (SSSR count). The van der Waals surface area contributed by atoms with Crippen LogP contribution in [0.2, 0.25) is 0 Å². The molecule has 2 unspecified atom stereocenters. The van der Waals surface area contributed by atoms with E-state index in [1.807, 2.05) is 6.20 Å². The minimum absolute atomic E-state index is 0.157. The van der Waals surface area contributed by atoms with Crippen LogP contribution in [0.1, 0.15) is 53.2 Å². The number of halogens is 4. The van der Waals surface area contributed by atoms with Crippen molar-refractivity contribution < 1.29 is 27.1 Å². The van der Waals surface area contributed by atoms with Gasteiger partial charge >= 0.3 is 6.18 Å². The molecule has 2 aromatic carbocycles. The van der Waals surface area contributed by atoms with Gasteiger partial charge in [-0.05, 0) is 61.2 Å². The molecule has 194 valence electrons. The molecule has 2 aliphatic rings. The minimum Gasteiger partial charge on any atom is -0.368 e. The number of carbonyl (C=O) groups is 1. The van der Waals surface area contributed by atoms with Crippen LogP contribution in [0, 0.1) is 12.7 Å². The molecule has 1 aromatic heterocycles. The third-order valence-corrected chi connectivity index (χ3v) is 7.21. The zero-order valence-electron chi connectivity index (χ0n) is 20.7. The molecule has 5 nitrogen and oxygen atoms in total. The van der Waals surface area contributed by atoms with Crippen molar-refractivity contribution in [3.8, 4) is 0 Å². The Morgan fingerprint density at radius 3 is 2.51 bits per heavy atom. The molecule has 3 heterocycles. The summed E-state index contributed by atoms with van der Waals surface area (Å²) in [6, 6.07) is 9.77. The number of hydrogen-bond acceptors (Lipinski definition) is 3. The molecule has 0 aliphatic carbocycles. The molecule has 1 amide bonds. The number of benzene rings is 2. The van der Waals surface area contributed by atoms with Gasteiger partial charge in [-0.1, -0.05) is 23.8 Å². The summed E-state index contributed by atoms with van der Waals surface area (Å²) >= 11 is 0. The Morgan fingerprint density at radius 1 is 1.14 bits per heavy atom. The second-order valence-electron chi connectivity index (χ2n) is 9.86. The van der Waals surface area contributed by atoms with Crippen molar-refractivity contribution in [1.29, 1.82) is 0 Å². The zero-order valence-corrected chi connectivity index (χ0v) is 20.7. The fraction of sp³-hybridized carbons (Fsp3) is 0.357. The third-order valence-electron chi connectivity index (χ3n) is 7.21. The molecule has 2 aliphatic heterocycles. The molecule has 0 N–H and O–H groups in total.